The molecule has 1 fully saturated rings. The maximum Gasteiger partial charge on any atom is 0.162 e. The minimum absolute atomic E-state index is 0.271. The Kier molecular flexibility index (Phi) is 3.57. The molecule has 3 heterocycles. The molecule has 2 aromatic carbocycles. The number of nitrogens with zero attached hydrogens (tertiary/aromatic N) is 4. The Balaban J connectivity index is 1.59. The highest BCUT2D eigenvalue weighted by atomic mass is 16.5. The maximum atomic E-state index is 6.58. The fraction of sp³-hybridized carbons (Fsp3) is 0.250. The van der Waals surface area contributed by atoms with Crippen molar-refractivity contribution >= 4 is 11.6 Å². The van der Waals surface area contributed by atoms with Gasteiger partial charge in [-0.2, -0.15) is 0 Å². The van der Waals surface area contributed by atoms with Gasteiger partial charge in [-0.15, -0.1) is 15.0 Å². The SMILES string of the molecule is C1=C(c2ccc(-n3ncnn3)cc2)C2(CCNCC2)Oc2ccccc21. The predicted octanol–water partition coefficient (Wildman–Crippen LogP) is 2.72. The molecule has 2 aliphatic rings. The van der Waals surface area contributed by atoms with E-state index in [4.69, 9.17) is 4.74 Å². The molecule has 130 valence electrons. The van der Waals surface area contributed by atoms with Crippen LogP contribution in [0, 0.1) is 0 Å². The third kappa shape index (κ3) is 2.50. The number of tetrazole rings is 1. The first-order valence-electron chi connectivity index (χ1n) is 8.89. The largest absolute Gasteiger partial charge is 0.482 e. The number of rotatable bonds is 2. The Labute approximate surface area is 151 Å². The van der Waals surface area contributed by atoms with Gasteiger partial charge in [0.2, 0.25) is 0 Å². The Morgan fingerprint density at radius 1 is 1.00 bits per heavy atom. The van der Waals surface area contributed by atoms with Crippen LogP contribution in [0.25, 0.3) is 17.3 Å². The van der Waals surface area contributed by atoms with E-state index in [1.54, 1.807) is 0 Å². The summed E-state index contributed by atoms with van der Waals surface area (Å²) in [6.45, 7) is 1.92. The lowest BCUT2D eigenvalue weighted by Gasteiger charge is -2.43. The van der Waals surface area contributed by atoms with Gasteiger partial charge in [-0.25, -0.2) is 0 Å². The summed E-state index contributed by atoms with van der Waals surface area (Å²) in [7, 11) is 0. The van der Waals surface area contributed by atoms with Crippen molar-refractivity contribution in [3.05, 3.63) is 66.0 Å². The number of nitrogens with one attached hydrogen (secondary N) is 1. The first kappa shape index (κ1) is 15.3. The second-order valence-electron chi connectivity index (χ2n) is 6.71. The third-order valence-electron chi connectivity index (χ3n) is 5.18. The van der Waals surface area contributed by atoms with Crippen molar-refractivity contribution in [1.29, 1.82) is 0 Å². The van der Waals surface area contributed by atoms with Gasteiger partial charge in [0.05, 0.1) is 5.69 Å². The van der Waals surface area contributed by atoms with E-state index in [0.29, 0.717) is 0 Å². The Morgan fingerprint density at radius 3 is 2.58 bits per heavy atom. The summed E-state index contributed by atoms with van der Waals surface area (Å²) in [6, 6.07) is 16.5. The summed E-state index contributed by atoms with van der Waals surface area (Å²) in [5, 5.41) is 15.3. The molecule has 0 atom stereocenters. The van der Waals surface area contributed by atoms with Crippen molar-refractivity contribution in [2.24, 2.45) is 0 Å². The standard InChI is InChI=1S/C20H19N5O/c1-2-4-19-16(3-1)13-18(20(26-19)9-11-21-12-10-20)15-5-7-17(8-6-15)25-23-14-22-24-25/h1-8,13-14,21H,9-12H2. The molecule has 1 aromatic heterocycles. The minimum atomic E-state index is -0.271. The van der Waals surface area contributed by atoms with E-state index in [0.717, 1.165) is 42.9 Å². The molecule has 6 heteroatoms. The van der Waals surface area contributed by atoms with Crippen molar-refractivity contribution in [2.75, 3.05) is 13.1 Å². The van der Waals surface area contributed by atoms with Crippen LogP contribution in [0.5, 0.6) is 5.75 Å². The smallest absolute Gasteiger partial charge is 0.162 e. The number of aromatic nitrogens is 4. The minimum Gasteiger partial charge on any atom is -0.482 e. The molecule has 1 saturated heterocycles. The van der Waals surface area contributed by atoms with Gasteiger partial charge in [0.15, 0.2) is 6.33 Å². The molecular weight excluding hydrogens is 326 g/mol. The average molecular weight is 345 g/mol. The predicted molar refractivity (Wildman–Crippen MR) is 98.9 cm³/mol. The molecule has 0 unspecified atom stereocenters. The normalized spacial score (nSPS) is 18.1. The van der Waals surface area contributed by atoms with Crippen molar-refractivity contribution in [2.45, 2.75) is 18.4 Å². The number of benzene rings is 2. The van der Waals surface area contributed by atoms with Crippen LogP contribution < -0.4 is 10.1 Å². The maximum absolute atomic E-state index is 6.58. The zero-order valence-corrected chi connectivity index (χ0v) is 14.3. The zero-order valence-electron chi connectivity index (χ0n) is 14.3. The van der Waals surface area contributed by atoms with Crippen LogP contribution in [0.2, 0.25) is 0 Å². The van der Waals surface area contributed by atoms with Gasteiger partial charge in [0.25, 0.3) is 0 Å². The monoisotopic (exact) mass is 345 g/mol. The molecule has 0 saturated carbocycles. The summed E-state index contributed by atoms with van der Waals surface area (Å²) in [6.07, 6.45) is 5.64. The van der Waals surface area contributed by atoms with Crippen LogP contribution in [-0.2, 0) is 0 Å². The van der Waals surface area contributed by atoms with Crippen LogP contribution in [0.4, 0.5) is 0 Å². The second-order valence-corrected chi connectivity index (χ2v) is 6.71. The quantitative estimate of drug-likeness (QED) is 0.774. The topological polar surface area (TPSA) is 64.9 Å². The zero-order chi connectivity index (χ0) is 17.4. The second kappa shape index (κ2) is 6.07. The van der Waals surface area contributed by atoms with Crippen molar-refractivity contribution in [3.8, 4) is 11.4 Å². The van der Waals surface area contributed by atoms with E-state index in [2.05, 4.69) is 57.1 Å². The van der Waals surface area contributed by atoms with Crippen LogP contribution in [0.3, 0.4) is 0 Å². The molecule has 0 bridgehead atoms. The Morgan fingerprint density at radius 2 is 1.81 bits per heavy atom. The number of hydrogen-bond acceptors (Lipinski definition) is 5. The fourth-order valence-corrected chi connectivity index (χ4v) is 3.85. The molecule has 0 aliphatic carbocycles. The summed E-state index contributed by atoms with van der Waals surface area (Å²) in [4.78, 5) is 1.52. The molecule has 1 N–H and O–H groups in total. The number of ether oxygens (including phenoxy) is 1. The lowest BCUT2D eigenvalue weighted by Crippen LogP contribution is -2.48. The first-order chi connectivity index (χ1) is 12.8. The van der Waals surface area contributed by atoms with Gasteiger partial charge in [-0.3, -0.25) is 0 Å². The number of hydrogen-bond donors (Lipinski definition) is 1. The first-order valence-corrected chi connectivity index (χ1v) is 8.89. The van der Waals surface area contributed by atoms with Crippen molar-refractivity contribution in [1.82, 2.24) is 25.5 Å². The lowest BCUT2D eigenvalue weighted by molar-refractivity contribution is 0.0924. The summed E-state index contributed by atoms with van der Waals surface area (Å²) in [5.41, 5.74) is 4.17. The average Bonchev–Trinajstić information content (AvgIpc) is 3.23. The summed E-state index contributed by atoms with van der Waals surface area (Å²) in [5.74, 6) is 0.974. The molecule has 26 heavy (non-hydrogen) atoms. The summed E-state index contributed by atoms with van der Waals surface area (Å²) >= 11 is 0. The van der Waals surface area contributed by atoms with Gasteiger partial charge in [0.1, 0.15) is 11.4 Å². The Hall–Kier alpha value is -2.99. The number of fused-ring (bicyclic) bond motifs is 1. The molecule has 5 rings (SSSR count). The van der Waals surface area contributed by atoms with Gasteiger partial charge < -0.3 is 10.1 Å². The van der Waals surface area contributed by atoms with Crippen LogP contribution in [0.1, 0.15) is 24.0 Å². The molecule has 2 aliphatic heterocycles. The van der Waals surface area contributed by atoms with Crippen molar-refractivity contribution < 1.29 is 4.74 Å². The fourth-order valence-electron chi connectivity index (χ4n) is 3.85. The van der Waals surface area contributed by atoms with Crippen LogP contribution in [-0.4, -0.2) is 38.9 Å². The van der Waals surface area contributed by atoms with Gasteiger partial charge >= 0.3 is 0 Å². The van der Waals surface area contributed by atoms with Crippen molar-refractivity contribution in [3.63, 3.8) is 0 Å². The lowest BCUT2D eigenvalue weighted by atomic mass is 9.78. The van der Waals surface area contributed by atoms with Gasteiger partial charge in [-0.1, -0.05) is 30.3 Å². The molecule has 0 radical (unpaired) electrons. The van der Waals surface area contributed by atoms with Gasteiger partial charge in [-0.05, 0) is 48.1 Å². The highest BCUT2D eigenvalue weighted by Crippen LogP contribution is 2.45. The van der Waals surface area contributed by atoms with Gasteiger partial charge in [0, 0.05) is 24.0 Å². The van der Waals surface area contributed by atoms with E-state index in [1.807, 2.05) is 18.2 Å². The van der Waals surface area contributed by atoms with E-state index in [9.17, 15) is 0 Å². The molecule has 1 spiro atoms. The van der Waals surface area contributed by atoms with E-state index >= 15 is 0 Å². The molecule has 3 aromatic rings. The highest BCUT2D eigenvalue weighted by Gasteiger charge is 2.41. The van der Waals surface area contributed by atoms with Crippen LogP contribution >= 0.6 is 0 Å². The Bertz CT molecular complexity index is 941. The number of para-hydroxylation sites is 1. The van der Waals surface area contributed by atoms with E-state index in [-0.39, 0.29) is 5.60 Å². The van der Waals surface area contributed by atoms with Crippen LogP contribution in [0.15, 0.2) is 54.9 Å². The molecule has 6 nitrogen and oxygen atoms in total. The third-order valence-corrected chi connectivity index (χ3v) is 5.18. The summed E-state index contributed by atoms with van der Waals surface area (Å²) < 4.78 is 6.58. The molecular formula is C20H19N5O. The molecule has 0 amide bonds. The van der Waals surface area contributed by atoms with E-state index < -0.39 is 0 Å². The highest BCUT2D eigenvalue weighted by molar-refractivity contribution is 5.89. The van der Waals surface area contributed by atoms with E-state index in [1.165, 1.54) is 22.3 Å². The number of piperidine rings is 1.